The number of methoxy groups -OCH3 is 2. The van der Waals surface area contributed by atoms with Crippen molar-refractivity contribution in [1.29, 1.82) is 0 Å². The fourth-order valence-corrected chi connectivity index (χ4v) is 4.43. The smallest absolute Gasteiger partial charge is 0.307 e. The van der Waals surface area contributed by atoms with Crippen molar-refractivity contribution in [1.82, 2.24) is 0 Å². The van der Waals surface area contributed by atoms with E-state index >= 15 is 0 Å². The Labute approximate surface area is 181 Å². The number of benzene rings is 2. The van der Waals surface area contributed by atoms with E-state index in [4.69, 9.17) is 9.47 Å². The van der Waals surface area contributed by atoms with Crippen LogP contribution in [0.3, 0.4) is 0 Å². The van der Waals surface area contributed by atoms with Gasteiger partial charge in [0.2, 0.25) is 0 Å². The van der Waals surface area contributed by atoms with Crippen LogP contribution in [-0.4, -0.2) is 32.8 Å². The molecule has 0 amide bonds. The molecular weight excluding hydrogens is 374 g/mol. The van der Waals surface area contributed by atoms with Gasteiger partial charge >= 0.3 is 5.97 Å². The molecule has 4 heteroatoms. The highest BCUT2D eigenvalue weighted by molar-refractivity contribution is 5.71. The Morgan fingerprint density at radius 3 is 2.67 bits per heavy atom. The highest BCUT2D eigenvalue weighted by Crippen LogP contribution is 2.34. The molecule has 2 atom stereocenters. The van der Waals surface area contributed by atoms with E-state index in [1.54, 1.807) is 7.11 Å². The van der Waals surface area contributed by atoms with Crippen LogP contribution in [0.5, 0.6) is 5.75 Å². The largest absolute Gasteiger partial charge is 0.497 e. The number of carbonyl (C=O) groups excluding carboxylic acids is 1. The van der Waals surface area contributed by atoms with Crippen LogP contribution >= 0.6 is 0 Å². The zero-order valence-corrected chi connectivity index (χ0v) is 18.6. The minimum absolute atomic E-state index is 0.135. The van der Waals surface area contributed by atoms with E-state index < -0.39 is 0 Å². The first-order valence-corrected chi connectivity index (χ1v) is 11.2. The SMILES string of the molecule is COC(=O)CC1CCCCN1c1cc(OC)cc(C(C)CCCc2ccccc2)c1. The molecular formula is C26H35NO3. The molecule has 2 unspecified atom stereocenters. The molecule has 0 radical (unpaired) electrons. The van der Waals surface area contributed by atoms with Crippen LogP contribution < -0.4 is 9.64 Å². The van der Waals surface area contributed by atoms with Crippen LogP contribution in [0.15, 0.2) is 48.5 Å². The van der Waals surface area contributed by atoms with Crippen LogP contribution in [0.25, 0.3) is 0 Å². The summed E-state index contributed by atoms with van der Waals surface area (Å²) in [6.07, 6.45) is 7.17. The zero-order chi connectivity index (χ0) is 21.3. The van der Waals surface area contributed by atoms with Crippen molar-refractivity contribution < 1.29 is 14.3 Å². The summed E-state index contributed by atoms with van der Waals surface area (Å²) < 4.78 is 10.6. The van der Waals surface area contributed by atoms with E-state index in [1.807, 2.05) is 0 Å². The summed E-state index contributed by atoms with van der Waals surface area (Å²) in [4.78, 5) is 14.3. The van der Waals surface area contributed by atoms with Gasteiger partial charge in [0, 0.05) is 24.3 Å². The number of rotatable bonds is 9. The van der Waals surface area contributed by atoms with E-state index in [0.717, 1.165) is 56.5 Å². The van der Waals surface area contributed by atoms with Gasteiger partial charge in [-0.3, -0.25) is 4.79 Å². The fourth-order valence-electron chi connectivity index (χ4n) is 4.43. The number of anilines is 1. The maximum Gasteiger partial charge on any atom is 0.307 e. The van der Waals surface area contributed by atoms with Gasteiger partial charge in [-0.2, -0.15) is 0 Å². The maximum atomic E-state index is 11.9. The first-order chi connectivity index (χ1) is 14.6. The monoisotopic (exact) mass is 409 g/mol. The van der Waals surface area contributed by atoms with Gasteiger partial charge in [-0.15, -0.1) is 0 Å². The topological polar surface area (TPSA) is 38.8 Å². The summed E-state index contributed by atoms with van der Waals surface area (Å²) in [5.41, 5.74) is 3.86. The lowest BCUT2D eigenvalue weighted by atomic mass is 9.92. The third-order valence-electron chi connectivity index (χ3n) is 6.25. The minimum atomic E-state index is -0.135. The Balaban J connectivity index is 1.72. The molecule has 1 fully saturated rings. The van der Waals surface area contributed by atoms with Crippen molar-refractivity contribution in [2.24, 2.45) is 0 Å². The predicted octanol–water partition coefficient (Wildman–Crippen LogP) is 5.74. The van der Waals surface area contributed by atoms with Crippen LogP contribution in [0, 0.1) is 0 Å². The fraction of sp³-hybridized carbons (Fsp3) is 0.500. The number of carbonyl (C=O) groups is 1. The maximum absolute atomic E-state index is 11.9. The third-order valence-corrected chi connectivity index (χ3v) is 6.25. The average molecular weight is 410 g/mol. The molecule has 30 heavy (non-hydrogen) atoms. The molecule has 0 spiro atoms. The Hall–Kier alpha value is -2.49. The molecule has 0 aliphatic carbocycles. The first-order valence-electron chi connectivity index (χ1n) is 11.2. The van der Waals surface area contributed by atoms with E-state index in [-0.39, 0.29) is 12.0 Å². The number of aryl methyl sites for hydroxylation is 1. The number of esters is 1. The van der Waals surface area contributed by atoms with Gasteiger partial charge in [0.05, 0.1) is 20.6 Å². The number of ether oxygens (including phenoxy) is 2. The van der Waals surface area contributed by atoms with Crippen LogP contribution in [-0.2, 0) is 16.0 Å². The summed E-state index contributed by atoms with van der Waals surface area (Å²) in [5.74, 6) is 1.20. The van der Waals surface area contributed by atoms with Gasteiger partial charge in [0.1, 0.15) is 5.75 Å². The lowest BCUT2D eigenvalue weighted by Gasteiger charge is -2.37. The average Bonchev–Trinajstić information content (AvgIpc) is 2.79. The van der Waals surface area contributed by atoms with Gasteiger partial charge in [-0.1, -0.05) is 37.3 Å². The number of piperidine rings is 1. The lowest BCUT2D eigenvalue weighted by Crippen LogP contribution is -2.41. The summed E-state index contributed by atoms with van der Waals surface area (Å²) in [6, 6.07) is 17.4. The molecule has 0 saturated carbocycles. The van der Waals surface area contributed by atoms with Crippen molar-refractivity contribution in [2.75, 3.05) is 25.7 Å². The number of hydrogen-bond acceptors (Lipinski definition) is 4. The van der Waals surface area contributed by atoms with E-state index in [2.05, 4.69) is 60.4 Å². The molecule has 3 rings (SSSR count). The predicted molar refractivity (Wildman–Crippen MR) is 122 cm³/mol. The van der Waals surface area contributed by atoms with Gasteiger partial charge < -0.3 is 14.4 Å². The second-order valence-electron chi connectivity index (χ2n) is 8.37. The van der Waals surface area contributed by atoms with Gasteiger partial charge in [0.25, 0.3) is 0 Å². The minimum Gasteiger partial charge on any atom is -0.497 e. The Morgan fingerprint density at radius 1 is 1.13 bits per heavy atom. The molecule has 2 aromatic carbocycles. The quantitative estimate of drug-likeness (QED) is 0.495. The normalized spacial score (nSPS) is 17.4. The highest BCUT2D eigenvalue weighted by Gasteiger charge is 2.26. The number of hydrogen-bond donors (Lipinski definition) is 0. The van der Waals surface area contributed by atoms with Crippen LogP contribution in [0.2, 0.25) is 0 Å². The van der Waals surface area contributed by atoms with E-state index in [0.29, 0.717) is 12.3 Å². The molecule has 0 aromatic heterocycles. The summed E-state index contributed by atoms with van der Waals surface area (Å²) in [7, 11) is 3.20. The van der Waals surface area contributed by atoms with Crippen molar-refractivity contribution in [3.8, 4) is 5.75 Å². The van der Waals surface area contributed by atoms with Crippen molar-refractivity contribution in [2.45, 2.75) is 63.8 Å². The molecule has 1 heterocycles. The van der Waals surface area contributed by atoms with Crippen LogP contribution in [0.1, 0.15) is 62.5 Å². The lowest BCUT2D eigenvalue weighted by molar-refractivity contribution is -0.141. The van der Waals surface area contributed by atoms with Crippen molar-refractivity contribution >= 4 is 11.7 Å². The molecule has 4 nitrogen and oxygen atoms in total. The highest BCUT2D eigenvalue weighted by atomic mass is 16.5. The molecule has 0 N–H and O–H groups in total. The Kier molecular flexibility index (Phi) is 8.18. The van der Waals surface area contributed by atoms with Gasteiger partial charge in [-0.05, 0) is 67.7 Å². The molecule has 2 aromatic rings. The van der Waals surface area contributed by atoms with Crippen LogP contribution in [0.4, 0.5) is 5.69 Å². The van der Waals surface area contributed by atoms with E-state index in [1.165, 1.54) is 18.2 Å². The summed E-state index contributed by atoms with van der Waals surface area (Å²) >= 11 is 0. The standard InChI is InChI=1S/C26H35NO3/c1-20(10-9-13-21-11-5-4-6-12-21)22-16-24(18-25(17-22)29-2)27-15-8-7-14-23(27)19-26(28)30-3/h4-6,11-12,16-18,20,23H,7-10,13-15,19H2,1-3H3. The van der Waals surface area contributed by atoms with E-state index in [9.17, 15) is 4.79 Å². The zero-order valence-electron chi connectivity index (χ0n) is 18.6. The second kappa shape index (κ2) is 11.1. The van der Waals surface area contributed by atoms with Crippen molar-refractivity contribution in [3.63, 3.8) is 0 Å². The molecule has 1 aliphatic rings. The van der Waals surface area contributed by atoms with Gasteiger partial charge in [-0.25, -0.2) is 0 Å². The molecule has 0 bridgehead atoms. The third kappa shape index (κ3) is 6.01. The van der Waals surface area contributed by atoms with Gasteiger partial charge in [0.15, 0.2) is 0 Å². The number of nitrogens with zero attached hydrogens (tertiary/aromatic N) is 1. The first kappa shape index (κ1) is 22.2. The van der Waals surface area contributed by atoms with Crippen molar-refractivity contribution in [3.05, 3.63) is 59.7 Å². The molecule has 1 saturated heterocycles. The molecule has 1 aliphatic heterocycles. The summed E-state index contributed by atoms with van der Waals surface area (Å²) in [5, 5.41) is 0. The molecule has 162 valence electrons. The Bertz CT molecular complexity index is 805. The second-order valence-corrected chi connectivity index (χ2v) is 8.37. The summed E-state index contributed by atoms with van der Waals surface area (Å²) in [6.45, 7) is 3.27. The Morgan fingerprint density at radius 2 is 1.93 bits per heavy atom.